The molecule has 5 aromatic rings. The van der Waals surface area contributed by atoms with Crippen LogP contribution in [0, 0.1) is 10.1 Å². The van der Waals surface area contributed by atoms with Gasteiger partial charge in [-0.1, -0.05) is 58.0 Å². The number of halogens is 1. The minimum absolute atomic E-state index is 0.00778. The number of nitrogens with zero attached hydrogens (tertiary/aromatic N) is 5. The predicted octanol–water partition coefficient (Wildman–Crippen LogP) is 6.44. The molecule has 0 saturated carbocycles. The number of hydrazone groups is 1. The van der Waals surface area contributed by atoms with Crippen LogP contribution in [0.2, 0.25) is 0 Å². The van der Waals surface area contributed by atoms with Gasteiger partial charge in [0.1, 0.15) is 6.61 Å². The highest BCUT2D eigenvalue weighted by Crippen LogP contribution is 2.30. The lowest BCUT2D eigenvalue weighted by Gasteiger charge is -2.11. The molecule has 44 heavy (non-hydrogen) atoms. The maximum Gasteiger partial charge on any atom is 0.269 e. The number of hydrogen-bond acceptors (Lipinski definition) is 9. The van der Waals surface area contributed by atoms with Gasteiger partial charge in [0.2, 0.25) is 0 Å². The van der Waals surface area contributed by atoms with E-state index in [-0.39, 0.29) is 24.0 Å². The lowest BCUT2D eigenvalue weighted by molar-refractivity contribution is -0.384. The van der Waals surface area contributed by atoms with Gasteiger partial charge in [0.25, 0.3) is 11.6 Å². The summed E-state index contributed by atoms with van der Waals surface area (Å²) in [5.41, 5.74) is 5.73. The number of para-hydroxylation sites is 1. The topological polar surface area (TPSA) is 134 Å². The molecule has 0 unspecified atom stereocenters. The number of ether oxygens (including phenoxy) is 2. The number of methoxy groups -OCH3 is 1. The number of nitro benzene ring substituents is 1. The summed E-state index contributed by atoms with van der Waals surface area (Å²) in [5, 5.41) is 24.3. The van der Waals surface area contributed by atoms with Crippen LogP contribution in [0.1, 0.15) is 11.1 Å². The van der Waals surface area contributed by atoms with E-state index in [1.807, 2.05) is 59.2 Å². The quantitative estimate of drug-likeness (QED) is 0.0693. The highest BCUT2D eigenvalue weighted by molar-refractivity contribution is 9.10. The minimum atomic E-state index is -0.453. The molecular weight excluding hydrogens is 648 g/mol. The number of nitrogens with one attached hydrogen (secondary N) is 1. The average molecular weight is 674 g/mol. The first-order chi connectivity index (χ1) is 21.4. The van der Waals surface area contributed by atoms with Crippen molar-refractivity contribution >= 4 is 45.5 Å². The van der Waals surface area contributed by atoms with E-state index in [1.54, 1.807) is 30.3 Å². The lowest BCUT2D eigenvalue weighted by atomic mass is 10.2. The third kappa shape index (κ3) is 7.68. The maximum absolute atomic E-state index is 12.7. The van der Waals surface area contributed by atoms with Gasteiger partial charge in [-0.2, -0.15) is 5.10 Å². The number of carbonyl (C=O) groups is 1. The van der Waals surface area contributed by atoms with Crippen LogP contribution >= 0.6 is 27.7 Å². The number of carbonyl (C=O) groups excluding carboxylic acids is 1. The van der Waals surface area contributed by atoms with E-state index in [2.05, 4.69) is 36.7 Å². The Balaban J connectivity index is 1.22. The number of non-ortho nitro benzene ring substituents is 1. The zero-order chi connectivity index (χ0) is 30.9. The van der Waals surface area contributed by atoms with E-state index in [0.717, 1.165) is 21.3 Å². The Morgan fingerprint density at radius 2 is 1.82 bits per heavy atom. The third-order valence-corrected chi connectivity index (χ3v) is 7.62. The van der Waals surface area contributed by atoms with E-state index < -0.39 is 4.92 Å². The van der Waals surface area contributed by atoms with Crippen molar-refractivity contribution in [3.8, 4) is 28.6 Å². The van der Waals surface area contributed by atoms with Crippen molar-refractivity contribution in [3.05, 3.63) is 123 Å². The number of nitro groups is 1. The van der Waals surface area contributed by atoms with Gasteiger partial charge in [-0.15, -0.1) is 10.2 Å². The summed E-state index contributed by atoms with van der Waals surface area (Å²) in [6.07, 6.45) is 1.50. The normalized spacial score (nSPS) is 11.0. The summed E-state index contributed by atoms with van der Waals surface area (Å²) in [7, 11) is 1.53. The summed E-state index contributed by atoms with van der Waals surface area (Å²) in [6, 6.07) is 28.8. The van der Waals surface area contributed by atoms with Crippen LogP contribution in [0.3, 0.4) is 0 Å². The Hall–Kier alpha value is -5.01. The molecule has 0 fully saturated rings. The molecule has 1 aromatic heterocycles. The largest absolute Gasteiger partial charge is 0.493 e. The monoisotopic (exact) mass is 672 g/mol. The molecule has 0 saturated heterocycles. The number of benzene rings is 4. The van der Waals surface area contributed by atoms with Gasteiger partial charge in [-0.3, -0.25) is 19.5 Å². The smallest absolute Gasteiger partial charge is 0.269 e. The maximum atomic E-state index is 12.7. The summed E-state index contributed by atoms with van der Waals surface area (Å²) < 4.78 is 14.1. The molecule has 1 N–H and O–H groups in total. The highest BCUT2D eigenvalue weighted by atomic mass is 79.9. The SMILES string of the molecule is COc1ccc(C=NNC(=O)CSc2nnc(-c3cccc(Br)c3)n2-c2ccccc2)cc1OCc1ccc([N+](=O)[O-])cc1. The average Bonchev–Trinajstić information content (AvgIpc) is 3.47. The molecule has 11 nitrogen and oxygen atoms in total. The fourth-order valence-corrected chi connectivity index (χ4v) is 5.23. The van der Waals surface area contributed by atoms with Crippen LogP contribution in [-0.4, -0.2) is 44.7 Å². The summed E-state index contributed by atoms with van der Waals surface area (Å²) >= 11 is 4.76. The molecular formula is C31H25BrN6O5S. The van der Waals surface area contributed by atoms with Crippen LogP contribution < -0.4 is 14.9 Å². The van der Waals surface area contributed by atoms with Gasteiger partial charge >= 0.3 is 0 Å². The first-order valence-corrected chi connectivity index (χ1v) is 14.9. The van der Waals surface area contributed by atoms with E-state index in [1.165, 1.54) is 37.2 Å². The van der Waals surface area contributed by atoms with Crippen molar-refractivity contribution < 1.29 is 19.2 Å². The second kappa shape index (κ2) is 14.4. The van der Waals surface area contributed by atoms with Crippen molar-refractivity contribution in [2.24, 2.45) is 5.10 Å². The lowest BCUT2D eigenvalue weighted by Crippen LogP contribution is -2.20. The van der Waals surface area contributed by atoms with E-state index >= 15 is 0 Å². The fourth-order valence-electron chi connectivity index (χ4n) is 4.09. The van der Waals surface area contributed by atoms with E-state index in [9.17, 15) is 14.9 Å². The van der Waals surface area contributed by atoms with Crippen molar-refractivity contribution in [2.75, 3.05) is 12.9 Å². The zero-order valence-corrected chi connectivity index (χ0v) is 25.7. The van der Waals surface area contributed by atoms with Crippen molar-refractivity contribution in [3.63, 3.8) is 0 Å². The number of aromatic nitrogens is 3. The first-order valence-electron chi connectivity index (χ1n) is 13.2. The van der Waals surface area contributed by atoms with Gasteiger partial charge in [-0.05, 0) is 65.7 Å². The Bertz CT molecular complexity index is 1800. The van der Waals surface area contributed by atoms with E-state index in [0.29, 0.717) is 28.0 Å². The van der Waals surface area contributed by atoms with Crippen LogP contribution in [0.5, 0.6) is 11.5 Å². The molecule has 0 spiro atoms. The molecule has 0 bridgehead atoms. The molecule has 0 aliphatic rings. The van der Waals surface area contributed by atoms with Crippen LogP contribution in [0.15, 0.2) is 112 Å². The van der Waals surface area contributed by atoms with Crippen molar-refractivity contribution in [1.29, 1.82) is 0 Å². The summed E-state index contributed by atoms with van der Waals surface area (Å²) in [6.45, 7) is 0.180. The number of thioether (sulfide) groups is 1. The second-order valence-electron chi connectivity index (χ2n) is 9.19. The zero-order valence-electron chi connectivity index (χ0n) is 23.3. The predicted molar refractivity (Wildman–Crippen MR) is 171 cm³/mol. The first kappa shape index (κ1) is 30.4. The minimum Gasteiger partial charge on any atom is -0.493 e. The molecule has 4 aromatic carbocycles. The molecule has 0 radical (unpaired) electrons. The third-order valence-electron chi connectivity index (χ3n) is 6.19. The van der Waals surface area contributed by atoms with Gasteiger partial charge in [0, 0.05) is 27.9 Å². The van der Waals surface area contributed by atoms with Gasteiger partial charge < -0.3 is 9.47 Å². The Kier molecular flexibility index (Phi) is 10.00. The van der Waals surface area contributed by atoms with E-state index in [4.69, 9.17) is 9.47 Å². The van der Waals surface area contributed by atoms with Crippen LogP contribution in [-0.2, 0) is 11.4 Å². The number of rotatable bonds is 12. The number of hydrogen-bond donors (Lipinski definition) is 1. The molecule has 222 valence electrons. The van der Waals surface area contributed by atoms with Crippen LogP contribution in [0.4, 0.5) is 5.69 Å². The molecule has 0 aliphatic carbocycles. The van der Waals surface area contributed by atoms with Crippen molar-refractivity contribution in [2.45, 2.75) is 11.8 Å². The summed E-state index contributed by atoms with van der Waals surface area (Å²) in [5.74, 6) is 1.37. The molecule has 5 rings (SSSR count). The molecule has 13 heteroatoms. The van der Waals surface area contributed by atoms with Crippen LogP contribution in [0.25, 0.3) is 17.1 Å². The summed E-state index contributed by atoms with van der Waals surface area (Å²) in [4.78, 5) is 23.1. The number of amides is 1. The fraction of sp³-hybridized carbons (Fsp3) is 0.0968. The Labute approximate surface area is 265 Å². The molecule has 1 heterocycles. The second-order valence-corrected chi connectivity index (χ2v) is 11.1. The standard InChI is InChI=1S/C31H25BrN6O5S/c1-42-27-15-12-22(16-28(27)43-19-21-10-13-26(14-11-21)38(40)41)18-33-34-29(39)20-44-31-36-35-30(23-6-5-7-24(32)17-23)37(31)25-8-3-2-4-9-25/h2-18H,19-20H2,1H3,(H,34,39). The van der Waals surface area contributed by atoms with Gasteiger partial charge in [-0.25, -0.2) is 5.43 Å². The Morgan fingerprint density at radius 1 is 1.02 bits per heavy atom. The molecule has 0 aliphatic heterocycles. The highest BCUT2D eigenvalue weighted by Gasteiger charge is 2.17. The van der Waals surface area contributed by atoms with Gasteiger partial charge in [0.05, 0.1) is 24.0 Å². The van der Waals surface area contributed by atoms with Crippen molar-refractivity contribution in [1.82, 2.24) is 20.2 Å². The van der Waals surface area contributed by atoms with Gasteiger partial charge in [0.15, 0.2) is 22.5 Å². The molecule has 0 atom stereocenters. The Morgan fingerprint density at radius 3 is 2.55 bits per heavy atom. The molecule has 1 amide bonds.